The number of anilines is 1. The highest BCUT2D eigenvalue weighted by molar-refractivity contribution is 5.96. The number of hydrogen-bond acceptors (Lipinski definition) is 4. The van der Waals surface area contributed by atoms with Gasteiger partial charge in [0, 0.05) is 42.6 Å². The van der Waals surface area contributed by atoms with E-state index in [1.165, 1.54) is 0 Å². The van der Waals surface area contributed by atoms with Gasteiger partial charge in [-0.3, -0.25) is 0 Å². The van der Waals surface area contributed by atoms with E-state index in [0.29, 0.717) is 5.92 Å². The molecule has 2 heterocycles. The van der Waals surface area contributed by atoms with E-state index in [4.69, 9.17) is 9.84 Å². The molecule has 1 fully saturated rings. The largest absolute Gasteiger partial charge is 0.496 e. The summed E-state index contributed by atoms with van der Waals surface area (Å²) in [6.07, 6.45) is 1.81. The Balaban J connectivity index is 2.03. The van der Waals surface area contributed by atoms with Gasteiger partial charge in [0.05, 0.1) is 7.11 Å². The first-order chi connectivity index (χ1) is 8.83. The molecule has 0 unspecified atom stereocenters. The maximum atomic E-state index is 9.08. The molecule has 1 aromatic carbocycles. The minimum atomic E-state index is 0.255. The summed E-state index contributed by atoms with van der Waals surface area (Å²) in [5, 5.41) is 11.3. The molecule has 1 aliphatic rings. The standard InChI is InChI=1S/C14H16N2O2/c1-18-13-4-2-3-12-11(13)5-6-15-14(12)16-7-10(8-16)9-17/h2-6,10,17H,7-9H2,1H3. The maximum absolute atomic E-state index is 9.08. The Hall–Kier alpha value is -1.81. The summed E-state index contributed by atoms with van der Waals surface area (Å²) in [5.74, 6) is 2.24. The molecular weight excluding hydrogens is 228 g/mol. The van der Waals surface area contributed by atoms with Crippen LogP contribution in [0.2, 0.25) is 0 Å². The highest BCUT2D eigenvalue weighted by Crippen LogP contribution is 2.33. The van der Waals surface area contributed by atoms with Crippen molar-refractivity contribution in [2.24, 2.45) is 5.92 Å². The molecule has 94 valence electrons. The van der Waals surface area contributed by atoms with Crippen LogP contribution >= 0.6 is 0 Å². The number of rotatable bonds is 3. The summed E-state index contributed by atoms with van der Waals surface area (Å²) >= 11 is 0. The molecule has 1 saturated heterocycles. The number of pyridine rings is 1. The summed E-state index contributed by atoms with van der Waals surface area (Å²) < 4.78 is 5.37. The molecule has 0 amide bonds. The number of nitrogens with zero attached hydrogens (tertiary/aromatic N) is 2. The van der Waals surface area contributed by atoms with Crippen molar-refractivity contribution in [3.63, 3.8) is 0 Å². The molecule has 3 rings (SSSR count). The van der Waals surface area contributed by atoms with Crippen LogP contribution in [-0.2, 0) is 0 Å². The van der Waals surface area contributed by atoms with E-state index >= 15 is 0 Å². The molecule has 18 heavy (non-hydrogen) atoms. The van der Waals surface area contributed by atoms with E-state index in [9.17, 15) is 0 Å². The number of aromatic nitrogens is 1. The van der Waals surface area contributed by atoms with Crippen LogP contribution in [0.1, 0.15) is 0 Å². The smallest absolute Gasteiger partial charge is 0.136 e. The van der Waals surface area contributed by atoms with Gasteiger partial charge in [-0.15, -0.1) is 0 Å². The highest BCUT2D eigenvalue weighted by atomic mass is 16.5. The molecule has 0 bridgehead atoms. The van der Waals surface area contributed by atoms with Crippen molar-refractivity contribution in [1.82, 2.24) is 4.98 Å². The van der Waals surface area contributed by atoms with Crippen LogP contribution in [0, 0.1) is 5.92 Å². The van der Waals surface area contributed by atoms with Crippen molar-refractivity contribution in [3.05, 3.63) is 30.5 Å². The van der Waals surface area contributed by atoms with E-state index in [1.807, 2.05) is 24.4 Å². The second-order valence-corrected chi connectivity index (χ2v) is 4.64. The second kappa shape index (κ2) is 4.46. The van der Waals surface area contributed by atoms with Gasteiger partial charge in [0.15, 0.2) is 0 Å². The molecule has 0 aliphatic carbocycles. The lowest BCUT2D eigenvalue weighted by atomic mass is 10.0. The Bertz CT molecular complexity index is 565. The minimum Gasteiger partial charge on any atom is -0.496 e. The monoisotopic (exact) mass is 244 g/mol. The Morgan fingerprint density at radius 2 is 2.17 bits per heavy atom. The van der Waals surface area contributed by atoms with Crippen LogP contribution in [-0.4, -0.2) is 36.9 Å². The zero-order valence-corrected chi connectivity index (χ0v) is 10.3. The van der Waals surface area contributed by atoms with Crippen molar-refractivity contribution in [2.75, 3.05) is 31.7 Å². The Morgan fingerprint density at radius 3 is 2.89 bits per heavy atom. The van der Waals surface area contributed by atoms with Crippen LogP contribution in [0.4, 0.5) is 5.82 Å². The maximum Gasteiger partial charge on any atom is 0.136 e. The molecular formula is C14H16N2O2. The molecule has 0 spiro atoms. The molecule has 1 aromatic heterocycles. The lowest BCUT2D eigenvalue weighted by molar-refractivity contribution is 0.200. The number of ether oxygens (including phenoxy) is 1. The van der Waals surface area contributed by atoms with E-state index in [0.717, 1.165) is 35.4 Å². The van der Waals surface area contributed by atoms with Gasteiger partial charge in [0.25, 0.3) is 0 Å². The van der Waals surface area contributed by atoms with Crippen molar-refractivity contribution in [1.29, 1.82) is 0 Å². The number of fused-ring (bicyclic) bond motifs is 1. The van der Waals surface area contributed by atoms with Gasteiger partial charge < -0.3 is 14.7 Å². The Labute approximate surface area is 106 Å². The van der Waals surface area contributed by atoms with Crippen LogP contribution in [0.25, 0.3) is 10.8 Å². The van der Waals surface area contributed by atoms with Crippen LogP contribution in [0.3, 0.4) is 0 Å². The number of benzene rings is 1. The average Bonchev–Trinajstić information content (AvgIpc) is 2.37. The summed E-state index contributed by atoms with van der Waals surface area (Å²) in [4.78, 5) is 6.66. The summed E-state index contributed by atoms with van der Waals surface area (Å²) in [7, 11) is 1.68. The van der Waals surface area contributed by atoms with Crippen molar-refractivity contribution in [2.45, 2.75) is 0 Å². The molecule has 0 radical (unpaired) electrons. The van der Waals surface area contributed by atoms with E-state index in [-0.39, 0.29) is 6.61 Å². The topological polar surface area (TPSA) is 45.6 Å². The molecule has 4 nitrogen and oxygen atoms in total. The van der Waals surface area contributed by atoms with E-state index in [2.05, 4.69) is 16.0 Å². The first kappa shape index (κ1) is 11.3. The van der Waals surface area contributed by atoms with Crippen LogP contribution in [0.5, 0.6) is 5.75 Å². The quantitative estimate of drug-likeness (QED) is 0.892. The van der Waals surface area contributed by atoms with Crippen molar-refractivity contribution < 1.29 is 9.84 Å². The van der Waals surface area contributed by atoms with Gasteiger partial charge >= 0.3 is 0 Å². The fourth-order valence-electron chi connectivity index (χ4n) is 2.45. The SMILES string of the molecule is COc1cccc2c(N3CC(CO)C3)nccc12. The van der Waals surface area contributed by atoms with Crippen LogP contribution < -0.4 is 9.64 Å². The first-order valence-corrected chi connectivity index (χ1v) is 6.11. The second-order valence-electron chi connectivity index (χ2n) is 4.64. The fourth-order valence-corrected chi connectivity index (χ4v) is 2.45. The molecule has 0 saturated carbocycles. The van der Waals surface area contributed by atoms with E-state index < -0.39 is 0 Å². The predicted molar refractivity (Wildman–Crippen MR) is 71.1 cm³/mol. The van der Waals surface area contributed by atoms with Gasteiger partial charge in [0.2, 0.25) is 0 Å². The Kier molecular flexibility index (Phi) is 2.80. The number of methoxy groups -OCH3 is 1. The van der Waals surface area contributed by atoms with Crippen molar-refractivity contribution >= 4 is 16.6 Å². The zero-order chi connectivity index (χ0) is 12.5. The van der Waals surface area contributed by atoms with Gasteiger partial charge in [-0.25, -0.2) is 4.98 Å². The van der Waals surface area contributed by atoms with Gasteiger partial charge in [-0.05, 0) is 12.1 Å². The number of aliphatic hydroxyl groups is 1. The third kappa shape index (κ3) is 1.69. The molecule has 2 aromatic rings. The zero-order valence-electron chi connectivity index (χ0n) is 10.3. The normalized spacial score (nSPS) is 15.8. The van der Waals surface area contributed by atoms with Gasteiger partial charge in [-0.2, -0.15) is 0 Å². The minimum absolute atomic E-state index is 0.255. The average molecular weight is 244 g/mol. The van der Waals surface area contributed by atoms with E-state index in [1.54, 1.807) is 7.11 Å². The Morgan fingerprint density at radius 1 is 1.33 bits per heavy atom. The summed E-state index contributed by atoms with van der Waals surface area (Å²) in [6, 6.07) is 7.97. The number of hydrogen-bond donors (Lipinski definition) is 1. The summed E-state index contributed by atoms with van der Waals surface area (Å²) in [6.45, 7) is 2.00. The molecule has 0 atom stereocenters. The van der Waals surface area contributed by atoms with Gasteiger partial charge in [-0.1, -0.05) is 12.1 Å². The lowest BCUT2D eigenvalue weighted by Crippen LogP contribution is -2.48. The summed E-state index contributed by atoms with van der Waals surface area (Å²) in [5.41, 5.74) is 0. The lowest BCUT2D eigenvalue weighted by Gasteiger charge is -2.39. The third-order valence-electron chi connectivity index (χ3n) is 3.48. The van der Waals surface area contributed by atoms with Gasteiger partial charge in [0.1, 0.15) is 11.6 Å². The molecule has 1 N–H and O–H groups in total. The fraction of sp³-hybridized carbons (Fsp3) is 0.357. The highest BCUT2D eigenvalue weighted by Gasteiger charge is 2.28. The first-order valence-electron chi connectivity index (χ1n) is 6.11. The molecule has 1 aliphatic heterocycles. The third-order valence-corrected chi connectivity index (χ3v) is 3.48. The number of aliphatic hydroxyl groups excluding tert-OH is 1. The molecule has 4 heteroatoms. The van der Waals surface area contributed by atoms with Crippen LogP contribution in [0.15, 0.2) is 30.5 Å². The predicted octanol–water partition coefficient (Wildman–Crippen LogP) is 1.67. The van der Waals surface area contributed by atoms with Crippen molar-refractivity contribution in [3.8, 4) is 5.75 Å².